The molecule has 188 valence electrons. The molecule has 4 rings (SSSR count). The lowest BCUT2D eigenvalue weighted by Crippen LogP contribution is -2.12. The fourth-order valence-corrected chi connectivity index (χ4v) is 6.10. The zero-order chi connectivity index (χ0) is 25.3. The molecule has 0 aliphatic carbocycles. The van der Waals surface area contributed by atoms with E-state index in [4.69, 9.17) is 27.9 Å². The molecule has 0 unspecified atom stereocenters. The Kier molecular flexibility index (Phi) is 9.87. The van der Waals surface area contributed by atoms with E-state index >= 15 is 0 Å². The van der Waals surface area contributed by atoms with Crippen LogP contribution in [0, 0.1) is 0 Å². The number of amides is 1. The van der Waals surface area contributed by atoms with E-state index < -0.39 is 0 Å². The molecule has 0 fully saturated rings. The molecule has 0 radical (unpaired) electrons. The lowest BCUT2D eigenvalue weighted by molar-refractivity contribution is 0.102. The third kappa shape index (κ3) is 7.13. The molecule has 0 aliphatic rings. The van der Waals surface area contributed by atoms with Crippen LogP contribution >= 0.6 is 46.3 Å². The first kappa shape index (κ1) is 26.7. The molecule has 1 amide bonds. The summed E-state index contributed by atoms with van der Waals surface area (Å²) in [7, 11) is 0. The lowest BCUT2D eigenvalue weighted by atomic mass is 10.1. The molecule has 4 aromatic rings. The van der Waals surface area contributed by atoms with Crippen LogP contribution in [0.25, 0.3) is 10.8 Å². The van der Waals surface area contributed by atoms with E-state index in [0.717, 1.165) is 22.9 Å². The minimum absolute atomic E-state index is 0.310. The highest BCUT2D eigenvalue weighted by atomic mass is 35.5. The average Bonchev–Trinajstić information content (AvgIpc) is 3.33. The van der Waals surface area contributed by atoms with Gasteiger partial charge < -0.3 is 4.74 Å². The molecule has 0 aliphatic heterocycles. The molecule has 9 heteroatoms. The highest BCUT2D eigenvalue weighted by molar-refractivity contribution is 8.00. The van der Waals surface area contributed by atoms with Gasteiger partial charge in [-0.3, -0.25) is 10.1 Å². The van der Waals surface area contributed by atoms with Gasteiger partial charge in [0.25, 0.3) is 5.91 Å². The van der Waals surface area contributed by atoms with Crippen LogP contribution in [-0.2, 0) is 5.75 Å². The Morgan fingerprint density at radius 1 is 1.00 bits per heavy atom. The van der Waals surface area contributed by atoms with Crippen molar-refractivity contribution in [1.29, 1.82) is 0 Å². The Bertz CT molecular complexity index is 1300. The smallest absolute Gasteiger partial charge is 0.257 e. The van der Waals surface area contributed by atoms with Gasteiger partial charge in [0, 0.05) is 11.3 Å². The zero-order valence-corrected chi connectivity index (χ0v) is 23.1. The van der Waals surface area contributed by atoms with Crippen molar-refractivity contribution in [1.82, 2.24) is 10.2 Å². The second-order valence-corrected chi connectivity index (χ2v) is 11.3. The van der Waals surface area contributed by atoms with Crippen molar-refractivity contribution in [2.45, 2.75) is 49.1 Å². The minimum Gasteiger partial charge on any atom is -0.490 e. The Morgan fingerprint density at radius 2 is 1.75 bits per heavy atom. The first-order valence-electron chi connectivity index (χ1n) is 11.9. The second-order valence-electron chi connectivity index (χ2n) is 8.29. The van der Waals surface area contributed by atoms with Crippen molar-refractivity contribution in [3.63, 3.8) is 0 Å². The topological polar surface area (TPSA) is 64.1 Å². The number of thioether (sulfide) groups is 1. The number of nitrogens with zero attached hydrogens (tertiary/aromatic N) is 2. The number of rotatable bonds is 12. The van der Waals surface area contributed by atoms with Crippen LogP contribution in [-0.4, -0.2) is 22.7 Å². The highest BCUT2D eigenvalue weighted by Crippen LogP contribution is 2.35. The Morgan fingerprint density at radius 3 is 2.56 bits per heavy atom. The fourth-order valence-electron chi connectivity index (χ4n) is 3.75. The van der Waals surface area contributed by atoms with Crippen LogP contribution < -0.4 is 10.1 Å². The average molecular weight is 561 g/mol. The molecule has 1 N–H and O–H groups in total. The Balaban J connectivity index is 1.33. The first-order chi connectivity index (χ1) is 17.5. The number of nitrogens with one attached hydrogen (secondary N) is 1. The quantitative estimate of drug-likeness (QED) is 0.107. The summed E-state index contributed by atoms with van der Waals surface area (Å²) in [4.78, 5) is 12.8. The van der Waals surface area contributed by atoms with Crippen molar-refractivity contribution < 1.29 is 9.53 Å². The number of hydrogen-bond acceptors (Lipinski definition) is 6. The summed E-state index contributed by atoms with van der Waals surface area (Å²) in [5.74, 6) is 0.815. The molecule has 0 saturated carbocycles. The van der Waals surface area contributed by atoms with Crippen molar-refractivity contribution in [2.24, 2.45) is 0 Å². The molecule has 1 aromatic heterocycles. The van der Waals surface area contributed by atoms with Gasteiger partial charge in [-0.2, -0.15) is 0 Å². The lowest BCUT2D eigenvalue weighted by Gasteiger charge is -2.11. The van der Waals surface area contributed by atoms with Gasteiger partial charge in [-0.15, -0.1) is 10.2 Å². The zero-order valence-electron chi connectivity index (χ0n) is 19.9. The predicted octanol–water partition coefficient (Wildman–Crippen LogP) is 8.89. The molecular formula is C27H27Cl2N3O2S2. The van der Waals surface area contributed by atoms with Crippen LogP contribution in [0.1, 0.15) is 54.9 Å². The monoisotopic (exact) mass is 559 g/mol. The van der Waals surface area contributed by atoms with Gasteiger partial charge in [0.2, 0.25) is 5.13 Å². The summed E-state index contributed by atoms with van der Waals surface area (Å²) >= 11 is 15.7. The van der Waals surface area contributed by atoms with Crippen LogP contribution in [0.2, 0.25) is 10.0 Å². The molecular weight excluding hydrogens is 533 g/mol. The SMILES string of the molecule is CCCCCCCOc1c(Cl)cc(C(=O)Nc2nnc(SCc3cccc4ccccc34)s2)cc1Cl. The van der Waals surface area contributed by atoms with Crippen molar-refractivity contribution in [3.05, 3.63) is 75.8 Å². The fraction of sp³-hybridized carbons (Fsp3) is 0.296. The van der Waals surface area contributed by atoms with E-state index in [9.17, 15) is 4.79 Å². The predicted molar refractivity (Wildman–Crippen MR) is 152 cm³/mol. The van der Waals surface area contributed by atoms with Gasteiger partial charge in [-0.05, 0) is 34.9 Å². The molecule has 3 aromatic carbocycles. The van der Waals surface area contributed by atoms with Crippen LogP contribution in [0.5, 0.6) is 5.75 Å². The summed E-state index contributed by atoms with van der Waals surface area (Å²) in [5.41, 5.74) is 1.56. The normalized spacial score (nSPS) is 11.1. The van der Waals surface area contributed by atoms with Crippen molar-refractivity contribution >= 4 is 68.1 Å². The first-order valence-corrected chi connectivity index (χ1v) is 14.5. The molecule has 36 heavy (non-hydrogen) atoms. The van der Waals surface area contributed by atoms with E-state index in [1.165, 1.54) is 46.9 Å². The summed E-state index contributed by atoms with van der Waals surface area (Å²) in [6.45, 7) is 2.73. The number of hydrogen-bond donors (Lipinski definition) is 1. The van der Waals surface area contributed by atoms with E-state index in [2.05, 4.69) is 52.8 Å². The molecule has 0 atom stereocenters. The standard InChI is InChI=1S/C27H27Cl2N3O2S2/c1-2-3-4-5-8-14-34-24-22(28)15-20(16-23(24)29)25(33)30-26-31-32-27(36-26)35-17-19-12-9-11-18-10-6-7-13-21(18)19/h6-7,9-13,15-16H,2-5,8,14,17H2,1H3,(H,30,31,33). The van der Waals surface area contributed by atoms with E-state index in [1.54, 1.807) is 23.9 Å². The van der Waals surface area contributed by atoms with Crippen LogP contribution in [0.15, 0.2) is 58.9 Å². The Labute approximate surface area is 229 Å². The molecule has 0 spiro atoms. The van der Waals surface area contributed by atoms with E-state index in [0.29, 0.717) is 33.1 Å². The van der Waals surface area contributed by atoms with E-state index in [-0.39, 0.29) is 5.91 Å². The number of anilines is 1. The van der Waals surface area contributed by atoms with Gasteiger partial charge in [0.15, 0.2) is 10.1 Å². The van der Waals surface area contributed by atoms with Crippen molar-refractivity contribution in [3.8, 4) is 5.75 Å². The summed E-state index contributed by atoms with van der Waals surface area (Å²) in [5, 5.41) is 14.6. The van der Waals surface area contributed by atoms with E-state index in [1.807, 2.05) is 12.1 Å². The number of ether oxygens (including phenoxy) is 1. The number of unbranched alkanes of at least 4 members (excludes halogenated alkanes) is 4. The van der Waals surface area contributed by atoms with Crippen molar-refractivity contribution in [2.75, 3.05) is 11.9 Å². The number of carbonyl (C=O) groups excluding carboxylic acids is 1. The second kappa shape index (κ2) is 13.3. The maximum Gasteiger partial charge on any atom is 0.257 e. The molecule has 0 saturated heterocycles. The summed E-state index contributed by atoms with van der Waals surface area (Å²) in [6.07, 6.45) is 5.66. The summed E-state index contributed by atoms with van der Waals surface area (Å²) in [6, 6.07) is 17.7. The third-order valence-corrected chi connectivity index (χ3v) is 8.20. The van der Waals surface area contributed by atoms with Gasteiger partial charge in [0.1, 0.15) is 0 Å². The van der Waals surface area contributed by atoms with Gasteiger partial charge in [-0.1, -0.05) is 121 Å². The third-order valence-electron chi connectivity index (χ3n) is 5.61. The number of benzene rings is 3. The van der Waals surface area contributed by atoms with Crippen LogP contribution in [0.3, 0.4) is 0 Å². The van der Waals surface area contributed by atoms with Crippen LogP contribution in [0.4, 0.5) is 5.13 Å². The highest BCUT2D eigenvalue weighted by Gasteiger charge is 2.16. The number of carbonyl (C=O) groups is 1. The molecule has 1 heterocycles. The maximum absolute atomic E-state index is 12.8. The summed E-state index contributed by atoms with van der Waals surface area (Å²) < 4.78 is 6.55. The minimum atomic E-state index is -0.355. The number of halogens is 2. The maximum atomic E-state index is 12.8. The molecule has 5 nitrogen and oxygen atoms in total. The molecule has 0 bridgehead atoms. The van der Waals surface area contributed by atoms with Gasteiger partial charge in [0.05, 0.1) is 16.7 Å². The Hall–Kier alpha value is -2.32. The number of aromatic nitrogens is 2. The van der Waals surface area contributed by atoms with Gasteiger partial charge in [-0.25, -0.2) is 0 Å². The van der Waals surface area contributed by atoms with Gasteiger partial charge >= 0.3 is 0 Å². The number of fused-ring (bicyclic) bond motifs is 1. The largest absolute Gasteiger partial charge is 0.490 e.